The van der Waals surface area contributed by atoms with Crippen molar-refractivity contribution < 1.29 is 4.79 Å². The van der Waals surface area contributed by atoms with Gasteiger partial charge in [0.2, 0.25) is 5.91 Å². The van der Waals surface area contributed by atoms with Gasteiger partial charge in [-0.2, -0.15) is 0 Å². The molecule has 0 bridgehead atoms. The molecule has 1 aliphatic heterocycles. The largest absolute Gasteiger partial charge is 0.369 e. The van der Waals surface area contributed by atoms with Crippen LogP contribution in [-0.4, -0.2) is 43.5 Å². The molecule has 0 aliphatic carbocycles. The van der Waals surface area contributed by atoms with E-state index in [4.69, 9.17) is 11.6 Å². The molecule has 3 rings (SSSR count). The maximum absolute atomic E-state index is 12.3. The summed E-state index contributed by atoms with van der Waals surface area (Å²) in [6.07, 6.45) is 0.505. The zero-order valence-corrected chi connectivity index (χ0v) is 17.1. The van der Waals surface area contributed by atoms with Gasteiger partial charge in [0.1, 0.15) is 0 Å². The number of carbonyl (C=O) groups is 1. The summed E-state index contributed by atoms with van der Waals surface area (Å²) >= 11 is 5.97. The first-order valence-corrected chi connectivity index (χ1v) is 9.91. The third-order valence-corrected chi connectivity index (χ3v) is 5.64. The zero-order valence-electron chi connectivity index (χ0n) is 16.4. The lowest BCUT2D eigenvalue weighted by molar-refractivity contribution is -0.116. The lowest BCUT2D eigenvalue weighted by Crippen LogP contribution is -2.47. The van der Waals surface area contributed by atoms with Gasteiger partial charge in [-0.25, -0.2) is 0 Å². The van der Waals surface area contributed by atoms with Gasteiger partial charge in [0, 0.05) is 55.5 Å². The molecule has 0 atom stereocenters. The summed E-state index contributed by atoms with van der Waals surface area (Å²) in [5.74, 6) is 0.0531. The Morgan fingerprint density at radius 1 is 1.04 bits per heavy atom. The number of halogens is 1. The molecular weight excluding hydrogens is 358 g/mol. The van der Waals surface area contributed by atoms with Crippen LogP contribution < -0.4 is 10.2 Å². The van der Waals surface area contributed by atoms with Gasteiger partial charge in [0.05, 0.1) is 0 Å². The summed E-state index contributed by atoms with van der Waals surface area (Å²) < 4.78 is 0. The quantitative estimate of drug-likeness (QED) is 0.827. The van der Waals surface area contributed by atoms with Crippen LogP contribution in [0.2, 0.25) is 5.02 Å². The molecule has 0 spiro atoms. The number of rotatable bonds is 5. The highest BCUT2D eigenvalue weighted by Crippen LogP contribution is 2.24. The molecule has 1 fully saturated rings. The molecule has 1 amide bonds. The molecule has 2 aromatic rings. The number of anilines is 2. The summed E-state index contributed by atoms with van der Waals surface area (Å²) in [6.45, 7) is 11.1. The highest BCUT2D eigenvalue weighted by atomic mass is 35.5. The Labute approximate surface area is 167 Å². The molecule has 2 aromatic carbocycles. The van der Waals surface area contributed by atoms with Gasteiger partial charge >= 0.3 is 0 Å². The van der Waals surface area contributed by atoms with Gasteiger partial charge in [-0.1, -0.05) is 23.7 Å². The second kappa shape index (κ2) is 8.77. The third kappa shape index (κ3) is 5.02. The van der Waals surface area contributed by atoms with Crippen LogP contribution in [0.15, 0.2) is 36.4 Å². The SMILES string of the molecule is Cc1cc(Cl)ccc1NC(=O)CCN1CCN(c2cccc(C)c2C)CC1. The highest BCUT2D eigenvalue weighted by Gasteiger charge is 2.19. The van der Waals surface area contributed by atoms with E-state index in [1.165, 1.54) is 16.8 Å². The standard InChI is InChI=1S/C22H28ClN3O/c1-16-5-4-6-21(18(16)3)26-13-11-25(12-14-26)10-9-22(27)24-20-8-7-19(23)15-17(20)2/h4-8,15H,9-14H2,1-3H3,(H,24,27). The summed E-state index contributed by atoms with van der Waals surface area (Å²) in [4.78, 5) is 17.1. The van der Waals surface area contributed by atoms with Crippen LogP contribution in [0.1, 0.15) is 23.1 Å². The molecule has 1 N–H and O–H groups in total. The van der Waals surface area contributed by atoms with E-state index < -0.39 is 0 Å². The number of carbonyl (C=O) groups excluding carboxylic acids is 1. The second-order valence-electron chi connectivity index (χ2n) is 7.31. The van der Waals surface area contributed by atoms with Gasteiger partial charge in [-0.3, -0.25) is 9.69 Å². The van der Waals surface area contributed by atoms with Crippen LogP contribution in [0, 0.1) is 20.8 Å². The minimum Gasteiger partial charge on any atom is -0.369 e. The molecule has 0 saturated carbocycles. The molecule has 1 saturated heterocycles. The minimum atomic E-state index is 0.0531. The van der Waals surface area contributed by atoms with E-state index in [-0.39, 0.29) is 5.91 Å². The zero-order chi connectivity index (χ0) is 19.4. The Morgan fingerprint density at radius 2 is 1.78 bits per heavy atom. The maximum Gasteiger partial charge on any atom is 0.225 e. The second-order valence-corrected chi connectivity index (χ2v) is 7.74. The van der Waals surface area contributed by atoms with Crippen molar-refractivity contribution in [3.63, 3.8) is 0 Å². The molecule has 1 heterocycles. The van der Waals surface area contributed by atoms with Crippen molar-refractivity contribution in [2.75, 3.05) is 42.9 Å². The number of piperazine rings is 1. The van der Waals surface area contributed by atoms with Crippen molar-refractivity contribution in [2.45, 2.75) is 27.2 Å². The van der Waals surface area contributed by atoms with Crippen LogP contribution in [0.4, 0.5) is 11.4 Å². The average Bonchev–Trinajstić information content (AvgIpc) is 2.65. The Hall–Kier alpha value is -2.04. The summed E-state index contributed by atoms with van der Waals surface area (Å²) in [5, 5.41) is 3.68. The molecule has 1 aliphatic rings. The van der Waals surface area contributed by atoms with E-state index in [1.54, 1.807) is 6.07 Å². The smallest absolute Gasteiger partial charge is 0.225 e. The molecule has 4 nitrogen and oxygen atoms in total. The normalized spacial score (nSPS) is 15.0. The van der Waals surface area contributed by atoms with Crippen LogP contribution in [0.25, 0.3) is 0 Å². The molecule has 27 heavy (non-hydrogen) atoms. The minimum absolute atomic E-state index is 0.0531. The lowest BCUT2D eigenvalue weighted by atomic mass is 10.1. The van der Waals surface area contributed by atoms with Crippen molar-refractivity contribution >= 4 is 28.9 Å². The van der Waals surface area contributed by atoms with E-state index in [2.05, 4.69) is 47.2 Å². The highest BCUT2D eigenvalue weighted by molar-refractivity contribution is 6.30. The number of nitrogens with one attached hydrogen (secondary N) is 1. The van der Waals surface area contributed by atoms with Crippen molar-refractivity contribution in [3.8, 4) is 0 Å². The average molecular weight is 386 g/mol. The summed E-state index contributed by atoms with van der Waals surface area (Å²) in [6, 6.07) is 12.0. The van der Waals surface area contributed by atoms with Crippen LogP contribution in [-0.2, 0) is 4.79 Å². The predicted molar refractivity (Wildman–Crippen MR) is 114 cm³/mol. The fourth-order valence-corrected chi connectivity index (χ4v) is 3.76. The number of hydrogen-bond donors (Lipinski definition) is 1. The van der Waals surface area contributed by atoms with E-state index in [0.717, 1.165) is 44.0 Å². The van der Waals surface area contributed by atoms with Crippen LogP contribution in [0.3, 0.4) is 0 Å². The molecule has 0 unspecified atom stereocenters. The Kier molecular flexibility index (Phi) is 6.40. The van der Waals surface area contributed by atoms with Gasteiger partial charge in [0.25, 0.3) is 0 Å². The van der Waals surface area contributed by atoms with Crippen LogP contribution in [0.5, 0.6) is 0 Å². The number of hydrogen-bond acceptors (Lipinski definition) is 3. The molecule has 0 aromatic heterocycles. The van der Waals surface area contributed by atoms with Crippen molar-refractivity contribution in [3.05, 3.63) is 58.1 Å². The number of aryl methyl sites for hydroxylation is 2. The number of benzene rings is 2. The Balaban J connectivity index is 1.46. The first-order chi connectivity index (χ1) is 12.9. The molecule has 144 valence electrons. The van der Waals surface area contributed by atoms with E-state index >= 15 is 0 Å². The van der Waals surface area contributed by atoms with Gasteiger partial charge in [-0.05, 0) is 61.7 Å². The fraction of sp³-hybridized carbons (Fsp3) is 0.409. The summed E-state index contributed by atoms with van der Waals surface area (Å²) in [7, 11) is 0. The topological polar surface area (TPSA) is 35.6 Å². The first kappa shape index (κ1) is 19.7. The molecular formula is C22H28ClN3O. The monoisotopic (exact) mass is 385 g/mol. The Morgan fingerprint density at radius 3 is 2.48 bits per heavy atom. The lowest BCUT2D eigenvalue weighted by Gasteiger charge is -2.37. The van der Waals surface area contributed by atoms with Gasteiger partial charge in [0.15, 0.2) is 0 Å². The number of amides is 1. The predicted octanol–water partition coefficient (Wildman–Crippen LogP) is 4.42. The maximum atomic E-state index is 12.3. The van der Waals surface area contributed by atoms with Crippen molar-refractivity contribution in [1.82, 2.24) is 4.90 Å². The molecule has 5 heteroatoms. The van der Waals surface area contributed by atoms with Crippen molar-refractivity contribution in [1.29, 1.82) is 0 Å². The van der Waals surface area contributed by atoms with E-state index in [0.29, 0.717) is 11.4 Å². The van der Waals surface area contributed by atoms with Crippen molar-refractivity contribution in [2.24, 2.45) is 0 Å². The fourth-order valence-electron chi connectivity index (χ4n) is 3.53. The third-order valence-electron chi connectivity index (χ3n) is 5.41. The molecule has 0 radical (unpaired) electrons. The Bertz CT molecular complexity index is 813. The van der Waals surface area contributed by atoms with Crippen LogP contribution >= 0.6 is 11.6 Å². The van der Waals surface area contributed by atoms with E-state index in [1.807, 2.05) is 19.1 Å². The van der Waals surface area contributed by atoms with Gasteiger partial charge in [-0.15, -0.1) is 0 Å². The van der Waals surface area contributed by atoms with E-state index in [9.17, 15) is 4.79 Å². The summed E-state index contributed by atoms with van der Waals surface area (Å²) in [5.41, 5.74) is 5.86. The first-order valence-electron chi connectivity index (χ1n) is 9.53. The van der Waals surface area contributed by atoms with Gasteiger partial charge < -0.3 is 10.2 Å². The number of nitrogens with zero attached hydrogens (tertiary/aromatic N) is 2.